The molecule has 1 aliphatic rings. The number of nitrogens with two attached hydrogens (primary N) is 1. The van der Waals surface area contributed by atoms with Gasteiger partial charge in [-0.2, -0.15) is 13.2 Å². The number of alkyl halides is 3. The fourth-order valence-corrected chi connectivity index (χ4v) is 1.95. The highest BCUT2D eigenvalue weighted by atomic mass is 19.4. The Labute approximate surface area is 107 Å². The predicted octanol–water partition coefficient (Wildman–Crippen LogP) is 2.95. The van der Waals surface area contributed by atoms with E-state index < -0.39 is 18.5 Å². The summed E-state index contributed by atoms with van der Waals surface area (Å²) in [5.74, 6) is -0.802. The van der Waals surface area contributed by atoms with Crippen molar-refractivity contribution in [1.82, 2.24) is 0 Å². The fraction of sp³-hybridized carbons (Fsp3) is 0.500. The van der Waals surface area contributed by atoms with Crippen LogP contribution in [0.2, 0.25) is 0 Å². The van der Waals surface area contributed by atoms with Crippen molar-refractivity contribution < 1.29 is 22.3 Å². The monoisotopic (exact) mass is 278 g/mol. The van der Waals surface area contributed by atoms with Crippen LogP contribution >= 0.6 is 0 Å². The molecular weight excluding hydrogens is 264 g/mol. The molecular formula is C12H14F4N2O. The lowest BCUT2D eigenvalue weighted by atomic mass is 10.2. The highest BCUT2D eigenvalue weighted by molar-refractivity contribution is 5.71. The van der Waals surface area contributed by atoms with Gasteiger partial charge in [-0.1, -0.05) is 0 Å². The summed E-state index contributed by atoms with van der Waals surface area (Å²) in [5, 5.41) is 0. The number of hydrogen-bond donors (Lipinski definition) is 1. The van der Waals surface area contributed by atoms with Gasteiger partial charge in [0.1, 0.15) is 6.54 Å². The molecule has 0 bridgehead atoms. The number of nitrogens with zero attached hydrogens (tertiary/aromatic N) is 1. The summed E-state index contributed by atoms with van der Waals surface area (Å²) < 4.78 is 55.9. The molecule has 0 heterocycles. The van der Waals surface area contributed by atoms with Crippen molar-refractivity contribution >= 4 is 11.4 Å². The summed E-state index contributed by atoms with van der Waals surface area (Å²) in [7, 11) is 1.25. The van der Waals surface area contributed by atoms with Crippen molar-refractivity contribution in [2.45, 2.75) is 25.1 Å². The summed E-state index contributed by atoms with van der Waals surface area (Å²) in [6.45, 7) is -1.10. The molecule has 106 valence electrons. The van der Waals surface area contributed by atoms with Crippen LogP contribution in [0.15, 0.2) is 12.1 Å². The van der Waals surface area contributed by atoms with Gasteiger partial charge in [-0.3, -0.25) is 0 Å². The molecule has 2 rings (SSSR count). The van der Waals surface area contributed by atoms with Crippen LogP contribution in [0.1, 0.15) is 12.8 Å². The van der Waals surface area contributed by atoms with Crippen molar-refractivity contribution in [1.29, 1.82) is 0 Å². The van der Waals surface area contributed by atoms with Crippen LogP contribution in [0.5, 0.6) is 5.75 Å². The van der Waals surface area contributed by atoms with E-state index >= 15 is 0 Å². The molecule has 1 fully saturated rings. The van der Waals surface area contributed by atoms with Gasteiger partial charge in [0.05, 0.1) is 18.5 Å². The van der Waals surface area contributed by atoms with Gasteiger partial charge in [0.25, 0.3) is 0 Å². The maximum absolute atomic E-state index is 13.4. The maximum Gasteiger partial charge on any atom is 0.405 e. The first-order chi connectivity index (χ1) is 8.81. The zero-order valence-corrected chi connectivity index (χ0v) is 10.3. The SMILES string of the molecule is COc1cc(N(CC(F)(F)F)C2CC2)c(N)cc1F. The first kappa shape index (κ1) is 13.8. The highest BCUT2D eigenvalue weighted by Crippen LogP contribution is 2.39. The number of methoxy groups -OCH3 is 1. The quantitative estimate of drug-likeness (QED) is 0.679. The van der Waals surface area contributed by atoms with Crippen molar-refractivity contribution in [3.05, 3.63) is 17.9 Å². The Morgan fingerprint density at radius 3 is 2.47 bits per heavy atom. The predicted molar refractivity (Wildman–Crippen MR) is 63.8 cm³/mol. The van der Waals surface area contributed by atoms with Gasteiger partial charge in [-0.05, 0) is 12.8 Å². The number of ether oxygens (including phenoxy) is 1. The van der Waals surface area contributed by atoms with Crippen LogP contribution in [0.3, 0.4) is 0 Å². The van der Waals surface area contributed by atoms with E-state index in [9.17, 15) is 17.6 Å². The fourth-order valence-electron chi connectivity index (χ4n) is 1.95. The molecule has 1 saturated carbocycles. The molecule has 0 saturated heterocycles. The molecule has 0 aromatic heterocycles. The molecule has 0 atom stereocenters. The summed E-state index contributed by atoms with van der Waals surface area (Å²) >= 11 is 0. The van der Waals surface area contributed by atoms with Crippen molar-refractivity contribution in [3.63, 3.8) is 0 Å². The minimum absolute atomic E-state index is 0.0190. The molecule has 3 nitrogen and oxygen atoms in total. The molecule has 0 spiro atoms. The molecule has 2 N–H and O–H groups in total. The third kappa shape index (κ3) is 3.21. The number of rotatable bonds is 4. The Balaban J connectivity index is 2.36. The molecule has 0 unspecified atom stereocenters. The molecule has 1 aliphatic carbocycles. The van der Waals surface area contributed by atoms with E-state index in [2.05, 4.69) is 0 Å². The average Bonchev–Trinajstić information content (AvgIpc) is 3.09. The second-order valence-electron chi connectivity index (χ2n) is 4.52. The minimum atomic E-state index is -4.34. The summed E-state index contributed by atoms with van der Waals surface area (Å²) in [4.78, 5) is 1.16. The van der Waals surface area contributed by atoms with Crippen LogP contribution in [-0.4, -0.2) is 25.9 Å². The Kier molecular flexibility index (Phi) is 3.47. The molecule has 19 heavy (non-hydrogen) atoms. The molecule has 1 aromatic rings. The highest BCUT2D eigenvalue weighted by Gasteiger charge is 2.39. The Bertz CT molecular complexity index is 472. The minimum Gasteiger partial charge on any atom is -0.494 e. The standard InChI is InChI=1S/C12H14F4N2O/c1-19-11-5-10(9(17)4-8(11)13)18(7-2-3-7)6-12(14,15)16/h4-5,7H,2-3,6,17H2,1H3. The van der Waals surface area contributed by atoms with Gasteiger partial charge in [0.15, 0.2) is 11.6 Å². The number of halogens is 4. The van der Waals surface area contributed by atoms with Gasteiger partial charge < -0.3 is 15.4 Å². The lowest BCUT2D eigenvalue weighted by Crippen LogP contribution is -2.36. The van der Waals surface area contributed by atoms with Gasteiger partial charge in [0.2, 0.25) is 0 Å². The number of benzene rings is 1. The van der Waals surface area contributed by atoms with Crippen LogP contribution in [0.4, 0.5) is 28.9 Å². The van der Waals surface area contributed by atoms with E-state index in [0.717, 1.165) is 11.0 Å². The second-order valence-corrected chi connectivity index (χ2v) is 4.52. The van der Waals surface area contributed by atoms with Crippen LogP contribution < -0.4 is 15.4 Å². The first-order valence-electron chi connectivity index (χ1n) is 5.78. The smallest absolute Gasteiger partial charge is 0.405 e. The summed E-state index contributed by atoms with van der Waals surface area (Å²) in [5.41, 5.74) is 5.77. The molecule has 1 aromatic carbocycles. The molecule has 0 aliphatic heterocycles. The number of hydrogen-bond acceptors (Lipinski definition) is 3. The molecule has 7 heteroatoms. The van der Waals surface area contributed by atoms with Crippen molar-refractivity contribution in [3.8, 4) is 5.75 Å². The molecule has 0 amide bonds. The van der Waals surface area contributed by atoms with E-state index in [0.29, 0.717) is 12.8 Å². The largest absolute Gasteiger partial charge is 0.494 e. The Hall–Kier alpha value is -1.66. The van der Waals surface area contributed by atoms with Gasteiger partial charge in [-0.15, -0.1) is 0 Å². The van der Waals surface area contributed by atoms with E-state index in [-0.39, 0.29) is 23.2 Å². The van der Waals surface area contributed by atoms with Crippen LogP contribution in [0, 0.1) is 5.82 Å². The summed E-state index contributed by atoms with van der Waals surface area (Å²) in [6, 6.07) is 2.01. The maximum atomic E-state index is 13.4. The Morgan fingerprint density at radius 2 is 2.00 bits per heavy atom. The lowest BCUT2D eigenvalue weighted by molar-refractivity contribution is -0.119. The van der Waals surface area contributed by atoms with Gasteiger partial charge in [0, 0.05) is 18.2 Å². The third-order valence-electron chi connectivity index (χ3n) is 2.95. The average molecular weight is 278 g/mol. The van der Waals surface area contributed by atoms with E-state index in [4.69, 9.17) is 10.5 Å². The molecule has 0 radical (unpaired) electrons. The second kappa shape index (κ2) is 4.79. The number of nitrogen functional groups attached to an aromatic ring is 1. The Morgan fingerprint density at radius 1 is 1.37 bits per heavy atom. The summed E-state index contributed by atoms with van der Waals surface area (Å²) in [6.07, 6.45) is -2.99. The third-order valence-corrected chi connectivity index (χ3v) is 2.95. The van der Waals surface area contributed by atoms with E-state index in [1.807, 2.05) is 0 Å². The zero-order chi connectivity index (χ0) is 14.2. The van der Waals surface area contributed by atoms with Crippen molar-refractivity contribution in [2.75, 3.05) is 24.3 Å². The zero-order valence-electron chi connectivity index (χ0n) is 10.3. The number of anilines is 2. The van der Waals surface area contributed by atoms with Crippen molar-refractivity contribution in [2.24, 2.45) is 0 Å². The van der Waals surface area contributed by atoms with E-state index in [1.165, 1.54) is 13.2 Å². The van der Waals surface area contributed by atoms with Gasteiger partial charge >= 0.3 is 6.18 Å². The van der Waals surface area contributed by atoms with Crippen LogP contribution in [0.25, 0.3) is 0 Å². The van der Waals surface area contributed by atoms with Crippen LogP contribution in [-0.2, 0) is 0 Å². The topological polar surface area (TPSA) is 38.5 Å². The lowest BCUT2D eigenvalue weighted by Gasteiger charge is -2.27. The van der Waals surface area contributed by atoms with Gasteiger partial charge in [-0.25, -0.2) is 4.39 Å². The normalized spacial score (nSPS) is 15.4. The first-order valence-corrected chi connectivity index (χ1v) is 5.78. The van der Waals surface area contributed by atoms with E-state index in [1.54, 1.807) is 0 Å².